The van der Waals surface area contributed by atoms with Crippen LogP contribution in [-0.4, -0.2) is 104 Å². The molecule has 40 heavy (non-hydrogen) atoms. The summed E-state index contributed by atoms with van der Waals surface area (Å²) in [4.78, 5) is 40.0. The summed E-state index contributed by atoms with van der Waals surface area (Å²) in [6, 6.07) is 0.525. The molecule has 0 N–H and O–H groups in total. The molecule has 15 nitrogen and oxygen atoms in total. The van der Waals surface area contributed by atoms with E-state index in [0.717, 1.165) is 9.13 Å². The van der Waals surface area contributed by atoms with Gasteiger partial charge in [-0.1, -0.05) is 0 Å². The van der Waals surface area contributed by atoms with Gasteiger partial charge < -0.3 is 39.8 Å². The van der Waals surface area contributed by atoms with Crippen LogP contribution in [0.1, 0.15) is 25.6 Å². The van der Waals surface area contributed by atoms with E-state index < -0.39 is 49.8 Å². The molecule has 0 spiro atoms. The van der Waals surface area contributed by atoms with Gasteiger partial charge in [-0.2, -0.15) is 0 Å². The monoisotopic (exact) mass is 633 g/mol. The highest BCUT2D eigenvalue weighted by molar-refractivity contribution is 6.61. The van der Waals surface area contributed by atoms with Gasteiger partial charge in [-0.05, 0) is 12.8 Å². The molecule has 0 aliphatic heterocycles. The highest BCUT2D eigenvalue weighted by Crippen LogP contribution is 2.22. The molecule has 0 radical (unpaired) electrons. The third kappa shape index (κ3) is 8.58. The predicted molar refractivity (Wildman–Crippen MR) is 148 cm³/mol. The molecule has 0 saturated heterocycles. The van der Waals surface area contributed by atoms with Gasteiger partial charge in [-0.15, -0.1) is 0 Å². The second-order valence-electron chi connectivity index (χ2n) is 8.59. The fourth-order valence-corrected chi connectivity index (χ4v) is 9.39. The maximum atomic E-state index is 15.6. The van der Waals surface area contributed by atoms with Crippen molar-refractivity contribution in [1.82, 2.24) is 13.7 Å². The van der Waals surface area contributed by atoms with E-state index in [1.165, 1.54) is 64.0 Å². The Morgan fingerprint density at radius 1 is 0.550 bits per heavy atom. The molecule has 0 aromatic carbocycles. The molecule has 1 atom stereocenters. The average Bonchev–Trinajstić information content (AvgIpc) is 2.98. The topological polar surface area (TPSA) is 149 Å². The molecule has 0 aliphatic carbocycles. The minimum atomic E-state index is -3.20. The van der Waals surface area contributed by atoms with Crippen molar-refractivity contribution in [2.75, 3.05) is 64.0 Å². The summed E-state index contributed by atoms with van der Waals surface area (Å²) >= 11 is 0. The maximum absolute atomic E-state index is 15.6. The van der Waals surface area contributed by atoms with Gasteiger partial charge in [0.15, 0.2) is 6.30 Å². The smallest absolute Gasteiger partial charge is 0.377 e. The van der Waals surface area contributed by atoms with Crippen molar-refractivity contribution in [3.05, 3.63) is 31.5 Å². The standard InChI is InChI=1S/C21H44FN3O12Si3/c1-29-38(30-2,31-3)15-10-13-23-19(26)24(14-11-16-39(32-4,33-5)34-6)21(28)25(20(23)27)18(22)12-17-40(35-7,36-8)37-9/h18H,10-17H2,1-9H3. The van der Waals surface area contributed by atoms with Crippen molar-refractivity contribution in [3.63, 3.8) is 0 Å². The van der Waals surface area contributed by atoms with Crippen LogP contribution in [0.25, 0.3) is 0 Å². The van der Waals surface area contributed by atoms with Gasteiger partial charge in [-0.25, -0.2) is 32.5 Å². The Balaban J connectivity index is 3.49. The lowest BCUT2D eigenvalue weighted by Gasteiger charge is -2.26. The Bertz CT molecular complexity index is 985. The lowest BCUT2D eigenvalue weighted by Crippen LogP contribution is -2.55. The molecule has 0 amide bonds. The van der Waals surface area contributed by atoms with Crippen LogP contribution in [0.2, 0.25) is 18.1 Å². The highest BCUT2D eigenvalue weighted by Gasteiger charge is 2.40. The Morgan fingerprint density at radius 3 is 1.15 bits per heavy atom. The zero-order chi connectivity index (χ0) is 30.6. The molecule has 0 aliphatic rings. The first-order chi connectivity index (χ1) is 19.0. The molecule has 0 saturated carbocycles. The van der Waals surface area contributed by atoms with Crippen molar-refractivity contribution >= 4 is 26.4 Å². The zero-order valence-corrected chi connectivity index (χ0v) is 27.9. The van der Waals surface area contributed by atoms with Gasteiger partial charge >= 0.3 is 43.5 Å². The van der Waals surface area contributed by atoms with Gasteiger partial charge in [0.2, 0.25) is 0 Å². The van der Waals surface area contributed by atoms with Crippen LogP contribution in [0.4, 0.5) is 4.39 Å². The van der Waals surface area contributed by atoms with Crippen molar-refractivity contribution in [2.45, 2.75) is 56.8 Å². The first-order valence-corrected chi connectivity index (χ1v) is 18.3. The first kappa shape index (κ1) is 36.7. The molecule has 0 bridgehead atoms. The normalized spacial score (nSPS) is 13.7. The number of rotatable bonds is 21. The number of alkyl halides is 1. The Hall–Kier alpha value is -1.37. The summed E-state index contributed by atoms with van der Waals surface area (Å²) in [5.41, 5.74) is -3.02. The molecule has 1 aromatic rings. The second-order valence-corrected chi connectivity index (χ2v) is 17.9. The van der Waals surface area contributed by atoms with Crippen LogP contribution in [0.5, 0.6) is 0 Å². The minimum absolute atomic E-state index is 0.0179. The summed E-state index contributed by atoms with van der Waals surface area (Å²) in [5, 5.41) is 0. The number of hydrogen-bond acceptors (Lipinski definition) is 12. The van der Waals surface area contributed by atoms with E-state index in [1.807, 2.05) is 0 Å². The first-order valence-electron chi connectivity index (χ1n) is 12.5. The lowest BCUT2D eigenvalue weighted by molar-refractivity contribution is 0.113. The zero-order valence-electron chi connectivity index (χ0n) is 24.9. The molecule has 19 heteroatoms. The molecular formula is C21H44FN3O12Si3. The number of nitrogens with zero attached hydrogens (tertiary/aromatic N) is 3. The number of aromatic nitrogens is 3. The summed E-state index contributed by atoms with van der Waals surface area (Å²) in [7, 11) is 3.56. The Morgan fingerprint density at radius 2 is 0.850 bits per heavy atom. The van der Waals surface area contributed by atoms with E-state index in [0.29, 0.717) is 4.57 Å². The van der Waals surface area contributed by atoms with Crippen LogP contribution in [0, 0.1) is 0 Å². The second kappa shape index (κ2) is 16.9. The number of hydrogen-bond donors (Lipinski definition) is 0. The molecule has 1 aromatic heterocycles. The molecule has 1 heterocycles. The molecule has 234 valence electrons. The van der Waals surface area contributed by atoms with Crippen LogP contribution >= 0.6 is 0 Å². The molecule has 1 unspecified atom stereocenters. The van der Waals surface area contributed by atoms with Crippen molar-refractivity contribution in [1.29, 1.82) is 0 Å². The summed E-state index contributed by atoms with van der Waals surface area (Å²) in [5.74, 6) is 0. The van der Waals surface area contributed by atoms with E-state index in [1.54, 1.807) is 0 Å². The summed E-state index contributed by atoms with van der Waals surface area (Å²) < 4.78 is 66.1. The van der Waals surface area contributed by atoms with Crippen LogP contribution in [0.15, 0.2) is 14.4 Å². The van der Waals surface area contributed by atoms with Gasteiger partial charge in [0.1, 0.15) is 0 Å². The highest BCUT2D eigenvalue weighted by atomic mass is 28.4. The van der Waals surface area contributed by atoms with E-state index in [4.69, 9.17) is 39.8 Å². The van der Waals surface area contributed by atoms with Crippen LogP contribution < -0.4 is 17.1 Å². The van der Waals surface area contributed by atoms with Crippen molar-refractivity contribution < 1.29 is 44.2 Å². The summed E-state index contributed by atoms with van der Waals surface area (Å²) in [6.07, 6.45) is -1.95. The van der Waals surface area contributed by atoms with Gasteiger partial charge in [0.25, 0.3) is 0 Å². The van der Waals surface area contributed by atoms with Gasteiger partial charge in [0.05, 0.1) is 0 Å². The fraction of sp³-hybridized carbons (Fsp3) is 0.857. The Labute approximate surface area is 236 Å². The van der Waals surface area contributed by atoms with E-state index in [9.17, 15) is 14.4 Å². The van der Waals surface area contributed by atoms with Crippen LogP contribution in [0.3, 0.4) is 0 Å². The SMILES string of the molecule is CO[Si](CCCn1c(=O)n(CCC[Si](OC)(OC)OC)c(=O)n(C(F)CC[Si](OC)(OC)OC)c1=O)(OC)OC. The van der Waals surface area contributed by atoms with Gasteiger partial charge in [-0.3, -0.25) is 0 Å². The third-order valence-corrected chi connectivity index (χ3v) is 15.3. The molecule has 1 rings (SSSR count). The number of halogens is 1. The lowest BCUT2D eigenvalue weighted by atomic mass is 10.4. The third-order valence-electron chi connectivity index (χ3n) is 6.83. The Kier molecular flexibility index (Phi) is 15.5. The molecule has 0 fully saturated rings. The van der Waals surface area contributed by atoms with Crippen molar-refractivity contribution in [3.8, 4) is 0 Å². The van der Waals surface area contributed by atoms with Crippen molar-refractivity contribution in [2.24, 2.45) is 0 Å². The van der Waals surface area contributed by atoms with E-state index in [-0.39, 0.29) is 50.5 Å². The van der Waals surface area contributed by atoms with Crippen LogP contribution in [-0.2, 0) is 52.9 Å². The average molecular weight is 634 g/mol. The predicted octanol–water partition coefficient (Wildman–Crippen LogP) is 0.444. The maximum Gasteiger partial charge on any atom is 0.500 e. The summed E-state index contributed by atoms with van der Waals surface area (Å²) in [6.45, 7) is -0.259. The fourth-order valence-electron chi connectivity index (χ4n) is 4.27. The minimum Gasteiger partial charge on any atom is -0.377 e. The van der Waals surface area contributed by atoms with Gasteiger partial charge in [0, 0.05) is 102 Å². The largest absolute Gasteiger partial charge is 0.500 e. The van der Waals surface area contributed by atoms with E-state index >= 15 is 4.39 Å². The molecular weight excluding hydrogens is 589 g/mol. The van der Waals surface area contributed by atoms with E-state index in [2.05, 4.69) is 0 Å². The quantitative estimate of drug-likeness (QED) is 0.173.